The maximum Gasteiger partial charge on any atom is 0.262 e. The van der Waals surface area contributed by atoms with Crippen molar-refractivity contribution in [3.8, 4) is 17.2 Å². The van der Waals surface area contributed by atoms with Gasteiger partial charge in [-0.2, -0.15) is 0 Å². The van der Waals surface area contributed by atoms with Crippen LogP contribution in [0.4, 0.5) is 11.4 Å². The number of ether oxygens (including phenoxy) is 1. The first-order valence-corrected chi connectivity index (χ1v) is 8.82. The Morgan fingerprint density at radius 3 is 2.32 bits per heavy atom. The van der Waals surface area contributed by atoms with Crippen LogP contribution in [0.1, 0.15) is 22.1 Å². The highest BCUT2D eigenvalue weighted by Crippen LogP contribution is 2.42. The van der Waals surface area contributed by atoms with Crippen molar-refractivity contribution in [3.05, 3.63) is 77.9 Å². The fourth-order valence-corrected chi connectivity index (χ4v) is 3.58. The number of hydrogen-bond donors (Lipinski definition) is 2. The van der Waals surface area contributed by atoms with Crippen molar-refractivity contribution in [2.45, 2.75) is 6.17 Å². The summed E-state index contributed by atoms with van der Waals surface area (Å²) in [7, 11) is 3.49. The molecule has 28 heavy (non-hydrogen) atoms. The van der Waals surface area contributed by atoms with Crippen LogP contribution in [0.25, 0.3) is 0 Å². The third kappa shape index (κ3) is 2.79. The monoisotopic (exact) mass is 376 g/mol. The third-order valence-electron chi connectivity index (χ3n) is 4.99. The Kier molecular flexibility index (Phi) is 4.31. The van der Waals surface area contributed by atoms with Crippen molar-refractivity contribution < 1.29 is 19.7 Å². The molecule has 2 N–H and O–H groups in total. The second-order valence-corrected chi connectivity index (χ2v) is 6.62. The molecule has 0 bridgehead atoms. The van der Waals surface area contributed by atoms with E-state index in [-0.39, 0.29) is 17.4 Å². The van der Waals surface area contributed by atoms with Gasteiger partial charge in [0.1, 0.15) is 11.9 Å². The third-order valence-corrected chi connectivity index (χ3v) is 4.99. The summed E-state index contributed by atoms with van der Waals surface area (Å²) in [6.07, 6.45) is -0.498. The number of carbonyl (C=O) groups excluding carboxylic acids is 1. The average molecular weight is 376 g/mol. The number of fused-ring (bicyclic) bond motifs is 1. The zero-order valence-electron chi connectivity index (χ0n) is 15.5. The summed E-state index contributed by atoms with van der Waals surface area (Å²) in [5, 5.41) is 19.7. The van der Waals surface area contributed by atoms with Gasteiger partial charge in [-0.25, -0.2) is 0 Å². The van der Waals surface area contributed by atoms with Gasteiger partial charge in [0.05, 0.1) is 18.4 Å². The molecule has 0 saturated heterocycles. The lowest BCUT2D eigenvalue weighted by Gasteiger charge is -2.44. The SMILES string of the molecule is COc1ccc(N2C(=O)c3ccccc3N(C)[C@@H]2c2ccc(O)c(O)c2)cc1. The van der Waals surface area contributed by atoms with E-state index in [1.165, 1.54) is 12.1 Å². The molecule has 1 aliphatic heterocycles. The molecule has 0 fully saturated rings. The highest BCUT2D eigenvalue weighted by molar-refractivity contribution is 6.12. The molecule has 0 radical (unpaired) electrons. The molecule has 4 rings (SSSR count). The van der Waals surface area contributed by atoms with E-state index < -0.39 is 6.17 Å². The lowest BCUT2D eigenvalue weighted by molar-refractivity contribution is 0.0969. The Balaban J connectivity index is 1.90. The number of amides is 1. The van der Waals surface area contributed by atoms with Crippen LogP contribution in [0.5, 0.6) is 17.2 Å². The molecule has 0 aliphatic carbocycles. The molecule has 1 atom stereocenters. The molecule has 3 aromatic carbocycles. The van der Waals surface area contributed by atoms with Gasteiger partial charge in [-0.05, 0) is 54.1 Å². The molecule has 1 heterocycles. The highest BCUT2D eigenvalue weighted by atomic mass is 16.5. The fourth-order valence-electron chi connectivity index (χ4n) is 3.58. The lowest BCUT2D eigenvalue weighted by atomic mass is 10.0. The topological polar surface area (TPSA) is 73.2 Å². The highest BCUT2D eigenvalue weighted by Gasteiger charge is 2.38. The molecule has 1 amide bonds. The molecule has 142 valence electrons. The van der Waals surface area contributed by atoms with Crippen LogP contribution in [-0.2, 0) is 0 Å². The van der Waals surface area contributed by atoms with Crippen molar-refractivity contribution in [2.75, 3.05) is 24.0 Å². The van der Waals surface area contributed by atoms with Gasteiger partial charge in [0.2, 0.25) is 0 Å². The van der Waals surface area contributed by atoms with Gasteiger partial charge in [-0.15, -0.1) is 0 Å². The first-order valence-electron chi connectivity index (χ1n) is 8.82. The number of hydrogen-bond acceptors (Lipinski definition) is 5. The summed E-state index contributed by atoms with van der Waals surface area (Å²) in [5.74, 6) is 0.119. The number of benzene rings is 3. The van der Waals surface area contributed by atoms with Gasteiger partial charge in [-0.1, -0.05) is 18.2 Å². The second-order valence-electron chi connectivity index (χ2n) is 6.62. The van der Waals surface area contributed by atoms with Crippen molar-refractivity contribution in [1.29, 1.82) is 0 Å². The first-order chi connectivity index (χ1) is 13.5. The Labute approximate surface area is 162 Å². The maximum absolute atomic E-state index is 13.4. The number of rotatable bonds is 3. The molecule has 1 aliphatic rings. The standard InChI is InChI=1S/C22H20N2O4/c1-23-18-6-4-3-5-17(18)22(27)24(15-8-10-16(28-2)11-9-15)21(23)14-7-12-19(25)20(26)13-14/h3-13,21,25-26H,1-2H3/t21-/m0/s1. The van der Waals surface area contributed by atoms with Gasteiger partial charge in [0.25, 0.3) is 5.91 Å². The van der Waals surface area contributed by atoms with Crippen molar-refractivity contribution in [1.82, 2.24) is 0 Å². The van der Waals surface area contributed by atoms with E-state index >= 15 is 0 Å². The largest absolute Gasteiger partial charge is 0.504 e. The Hall–Kier alpha value is -3.67. The molecule has 0 spiro atoms. The van der Waals surface area contributed by atoms with Crippen LogP contribution < -0.4 is 14.5 Å². The summed E-state index contributed by atoms with van der Waals surface area (Å²) < 4.78 is 5.23. The number of anilines is 2. The zero-order chi connectivity index (χ0) is 19.8. The smallest absolute Gasteiger partial charge is 0.262 e. The predicted octanol–water partition coefficient (Wildman–Crippen LogP) is 3.90. The Bertz CT molecular complexity index is 1030. The van der Waals surface area contributed by atoms with Crippen molar-refractivity contribution >= 4 is 17.3 Å². The zero-order valence-corrected chi connectivity index (χ0v) is 15.5. The van der Waals surface area contributed by atoms with E-state index in [9.17, 15) is 15.0 Å². The van der Waals surface area contributed by atoms with Crippen LogP contribution in [0.2, 0.25) is 0 Å². The summed E-state index contributed by atoms with van der Waals surface area (Å²) in [6.45, 7) is 0. The Morgan fingerprint density at radius 1 is 0.929 bits per heavy atom. The van der Waals surface area contributed by atoms with Gasteiger partial charge in [0, 0.05) is 12.7 Å². The van der Waals surface area contributed by atoms with E-state index in [2.05, 4.69) is 0 Å². The number of methoxy groups -OCH3 is 1. The van der Waals surface area contributed by atoms with Crippen LogP contribution >= 0.6 is 0 Å². The molecule has 6 nitrogen and oxygen atoms in total. The Morgan fingerprint density at radius 2 is 1.64 bits per heavy atom. The number of nitrogens with zero attached hydrogens (tertiary/aromatic N) is 2. The van der Waals surface area contributed by atoms with Crippen molar-refractivity contribution in [3.63, 3.8) is 0 Å². The van der Waals surface area contributed by atoms with E-state index in [0.29, 0.717) is 22.6 Å². The molecular weight excluding hydrogens is 356 g/mol. The summed E-state index contributed by atoms with van der Waals surface area (Å²) in [6, 6.07) is 19.3. The van der Waals surface area contributed by atoms with Gasteiger partial charge >= 0.3 is 0 Å². The minimum atomic E-state index is -0.498. The van der Waals surface area contributed by atoms with E-state index in [4.69, 9.17) is 4.74 Å². The number of para-hydroxylation sites is 1. The molecule has 6 heteroatoms. The quantitative estimate of drug-likeness (QED) is 0.678. The summed E-state index contributed by atoms with van der Waals surface area (Å²) >= 11 is 0. The van der Waals surface area contributed by atoms with Crippen molar-refractivity contribution in [2.24, 2.45) is 0 Å². The van der Waals surface area contributed by atoms with Gasteiger partial charge < -0.3 is 19.8 Å². The van der Waals surface area contributed by atoms with Crippen LogP contribution in [0.3, 0.4) is 0 Å². The number of aromatic hydroxyl groups is 2. The van der Waals surface area contributed by atoms with E-state index in [0.717, 1.165) is 5.69 Å². The number of phenols is 2. The summed E-state index contributed by atoms with van der Waals surface area (Å²) in [4.78, 5) is 17.1. The van der Waals surface area contributed by atoms with Crippen LogP contribution in [0, 0.1) is 0 Å². The minimum Gasteiger partial charge on any atom is -0.504 e. The average Bonchev–Trinajstić information content (AvgIpc) is 2.73. The van der Waals surface area contributed by atoms with E-state index in [1.54, 1.807) is 36.3 Å². The first kappa shape index (κ1) is 17.7. The molecule has 0 saturated carbocycles. The number of phenolic OH excluding ortho intramolecular Hbond substituents is 2. The second kappa shape index (κ2) is 6.81. The van der Waals surface area contributed by atoms with Gasteiger partial charge in [0.15, 0.2) is 11.5 Å². The fraction of sp³-hybridized carbons (Fsp3) is 0.136. The maximum atomic E-state index is 13.4. The van der Waals surface area contributed by atoms with E-state index in [1.807, 2.05) is 42.3 Å². The van der Waals surface area contributed by atoms with Gasteiger partial charge in [-0.3, -0.25) is 9.69 Å². The molecular formula is C22H20N2O4. The normalized spacial score (nSPS) is 16.1. The predicted molar refractivity (Wildman–Crippen MR) is 107 cm³/mol. The molecule has 0 unspecified atom stereocenters. The lowest BCUT2D eigenvalue weighted by Crippen LogP contribution is -2.48. The van der Waals surface area contributed by atoms with Crippen LogP contribution in [-0.4, -0.2) is 30.3 Å². The summed E-state index contributed by atoms with van der Waals surface area (Å²) in [5.41, 5.74) is 2.77. The molecule has 0 aromatic heterocycles. The van der Waals surface area contributed by atoms with Crippen LogP contribution in [0.15, 0.2) is 66.7 Å². The minimum absolute atomic E-state index is 0.142. The molecule has 3 aromatic rings. The number of carbonyl (C=O) groups is 1.